The summed E-state index contributed by atoms with van der Waals surface area (Å²) in [6.45, 7) is 3.44. The predicted octanol–water partition coefficient (Wildman–Crippen LogP) is 2.45. The van der Waals surface area contributed by atoms with E-state index in [-0.39, 0.29) is 17.2 Å². The number of aromatic carboxylic acids is 1. The first kappa shape index (κ1) is 14.6. The van der Waals surface area contributed by atoms with Gasteiger partial charge in [0, 0.05) is 12.7 Å². The molecule has 1 aromatic heterocycles. The van der Waals surface area contributed by atoms with E-state index in [1.54, 1.807) is 26.0 Å². The van der Waals surface area contributed by atoms with E-state index < -0.39 is 5.97 Å². The standard InChI is InChI=1S/C15H16N2O4/c1-8-6-11(9(2)21-8)14(18)17(3)13-5-4-10(16)7-12(13)15(19)20/h4-7H,16H2,1-3H3,(H,19,20). The lowest BCUT2D eigenvalue weighted by molar-refractivity contribution is 0.0698. The van der Waals surface area contributed by atoms with Gasteiger partial charge in [0.2, 0.25) is 0 Å². The highest BCUT2D eigenvalue weighted by atomic mass is 16.4. The van der Waals surface area contributed by atoms with Crippen LogP contribution >= 0.6 is 0 Å². The number of carbonyl (C=O) groups excluding carboxylic acids is 1. The number of aryl methyl sites for hydroxylation is 2. The van der Waals surface area contributed by atoms with Crippen LogP contribution in [0.15, 0.2) is 28.7 Å². The zero-order valence-electron chi connectivity index (χ0n) is 12.0. The molecule has 0 aliphatic rings. The summed E-state index contributed by atoms with van der Waals surface area (Å²) in [5.74, 6) is -0.356. The molecule has 6 nitrogen and oxygen atoms in total. The van der Waals surface area contributed by atoms with Gasteiger partial charge in [0.05, 0.1) is 16.8 Å². The molecule has 0 aliphatic carbocycles. The summed E-state index contributed by atoms with van der Waals surface area (Å²) < 4.78 is 5.33. The number of furan rings is 1. The third-order valence-corrected chi connectivity index (χ3v) is 3.19. The van der Waals surface area contributed by atoms with Gasteiger partial charge in [-0.3, -0.25) is 4.79 Å². The molecule has 0 bridgehead atoms. The number of benzene rings is 1. The SMILES string of the molecule is Cc1cc(C(=O)N(C)c2ccc(N)cc2C(=O)O)c(C)o1. The number of anilines is 2. The molecule has 2 rings (SSSR count). The second kappa shape index (κ2) is 5.32. The normalized spacial score (nSPS) is 10.4. The third kappa shape index (κ3) is 2.74. The minimum Gasteiger partial charge on any atom is -0.478 e. The number of hydrogen-bond acceptors (Lipinski definition) is 4. The minimum absolute atomic E-state index is 0.0243. The lowest BCUT2D eigenvalue weighted by Gasteiger charge is -2.19. The van der Waals surface area contributed by atoms with Crippen molar-refractivity contribution in [2.24, 2.45) is 0 Å². The zero-order valence-corrected chi connectivity index (χ0v) is 12.0. The summed E-state index contributed by atoms with van der Waals surface area (Å²) >= 11 is 0. The summed E-state index contributed by atoms with van der Waals surface area (Å²) in [5, 5.41) is 9.24. The molecule has 0 atom stereocenters. The quantitative estimate of drug-likeness (QED) is 0.845. The van der Waals surface area contributed by atoms with E-state index in [4.69, 9.17) is 10.2 Å². The zero-order chi connectivity index (χ0) is 15.7. The molecule has 0 saturated carbocycles. The summed E-state index contributed by atoms with van der Waals surface area (Å²) in [4.78, 5) is 25.1. The molecule has 6 heteroatoms. The third-order valence-electron chi connectivity index (χ3n) is 3.19. The first-order valence-corrected chi connectivity index (χ1v) is 6.29. The summed E-state index contributed by atoms with van der Waals surface area (Å²) in [5.41, 5.74) is 6.58. The van der Waals surface area contributed by atoms with Crippen LogP contribution in [0.4, 0.5) is 11.4 Å². The topological polar surface area (TPSA) is 96.8 Å². The van der Waals surface area contributed by atoms with Crippen LogP contribution in [0, 0.1) is 13.8 Å². The molecular weight excluding hydrogens is 272 g/mol. The molecule has 0 aliphatic heterocycles. The minimum atomic E-state index is -1.14. The monoisotopic (exact) mass is 288 g/mol. The molecule has 1 aromatic carbocycles. The van der Waals surface area contributed by atoms with Gasteiger partial charge in [0.15, 0.2) is 0 Å². The molecular formula is C15H16N2O4. The Hall–Kier alpha value is -2.76. The van der Waals surface area contributed by atoms with Crippen molar-refractivity contribution in [3.05, 3.63) is 46.9 Å². The number of nitrogen functional groups attached to an aromatic ring is 1. The molecule has 0 fully saturated rings. The molecule has 2 aromatic rings. The van der Waals surface area contributed by atoms with E-state index >= 15 is 0 Å². The Kier molecular flexibility index (Phi) is 3.71. The van der Waals surface area contributed by atoms with Gasteiger partial charge in [-0.2, -0.15) is 0 Å². The Bertz CT molecular complexity index is 718. The Morgan fingerprint density at radius 3 is 2.38 bits per heavy atom. The van der Waals surface area contributed by atoms with Gasteiger partial charge in [0.1, 0.15) is 11.5 Å². The molecule has 110 valence electrons. The number of amides is 1. The second-order valence-electron chi connectivity index (χ2n) is 4.77. The molecule has 1 heterocycles. The van der Waals surface area contributed by atoms with Gasteiger partial charge < -0.3 is 20.2 Å². The molecule has 1 amide bonds. The van der Waals surface area contributed by atoms with Crippen LogP contribution in [0.1, 0.15) is 32.2 Å². The number of rotatable bonds is 3. The first-order valence-electron chi connectivity index (χ1n) is 6.29. The Morgan fingerprint density at radius 2 is 1.86 bits per heavy atom. The van der Waals surface area contributed by atoms with Gasteiger partial charge in [-0.25, -0.2) is 4.79 Å². The molecule has 0 saturated heterocycles. The van der Waals surface area contributed by atoms with Gasteiger partial charge in [-0.15, -0.1) is 0 Å². The Labute approximate surface area is 121 Å². The van der Waals surface area contributed by atoms with Crippen LogP contribution in [0.2, 0.25) is 0 Å². The van der Waals surface area contributed by atoms with Gasteiger partial charge in [-0.05, 0) is 38.1 Å². The number of carbonyl (C=O) groups is 2. The maximum Gasteiger partial charge on any atom is 0.337 e. The van der Waals surface area contributed by atoms with Gasteiger partial charge in [-0.1, -0.05) is 0 Å². The first-order chi connectivity index (χ1) is 9.81. The lowest BCUT2D eigenvalue weighted by atomic mass is 10.1. The Balaban J connectivity index is 2.45. The highest BCUT2D eigenvalue weighted by Crippen LogP contribution is 2.25. The maximum atomic E-state index is 12.5. The average Bonchev–Trinajstić information content (AvgIpc) is 2.76. The van der Waals surface area contributed by atoms with E-state index in [0.29, 0.717) is 22.8 Å². The van der Waals surface area contributed by atoms with E-state index in [2.05, 4.69) is 0 Å². The molecule has 0 unspecified atom stereocenters. The fourth-order valence-corrected chi connectivity index (χ4v) is 2.15. The summed E-state index contributed by atoms with van der Waals surface area (Å²) in [6, 6.07) is 6.03. The molecule has 0 radical (unpaired) electrons. The summed E-state index contributed by atoms with van der Waals surface area (Å²) in [7, 11) is 1.52. The average molecular weight is 288 g/mol. The van der Waals surface area contributed by atoms with E-state index in [1.165, 1.54) is 24.1 Å². The fraction of sp³-hybridized carbons (Fsp3) is 0.200. The number of carboxylic acids is 1. The van der Waals surface area contributed by atoms with E-state index in [9.17, 15) is 14.7 Å². The van der Waals surface area contributed by atoms with Crippen molar-refractivity contribution in [1.82, 2.24) is 0 Å². The number of hydrogen-bond donors (Lipinski definition) is 2. The van der Waals surface area contributed by atoms with Crippen molar-refractivity contribution in [1.29, 1.82) is 0 Å². The maximum absolute atomic E-state index is 12.5. The molecule has 3 N–H and O–H groups in total. The van der Waals surface area contributed by atoms with Crippen LogP contribution < -0.4 is 10.6 Å². The predicted molar refractivity (Wildman–Crippen MR) is 78.7 cm³/mol. The highest BCUT2D eigenvalue weighted by molar-refractivity contribution is 6.09. The van der Waals surface area contributed by atoms with Crippen LogP contribution in [-0.2, 0) is 0 Å². The van der Waals surface area contributed by atoms with Gasteiger partial charge >= 0.3 is 5.97 Å². The molecule has 0 spiro atoms. The van der Waals surface area contributed by atoms with Crippen LogP contribution in [0.3, 0.4) is 0 Å². The smallest absolute Gasteiger partial charge is 0.337 e. The van der Waals surface area contributed by atoms with Crippen molar-refractivity contribution in [2.45, 2.75) is 13.8 Å². The number of nitrogens with two attached hydrogens (primary N) is 1. The van der Waals surface area contributed by atoms with Gasteiger partial charge in [0.25, 0.3) is 5.91 Å². The van der Waals surface area contributed by atoms with E-state index in [0.717, 1.165) is 0 Å². The number of carboxylic acid groups (broad SMARTS) is 1. The van der Waals surface area contributed by atoms with Crippen LogP contribution in [0.5, 0.6) is 0 Å². The van der Waals surface area contributed by atoms with Crippen molar-refractivity contribution >= 4 is 23.3 Å². The Morgan fingerprint density at radius 1 is 1.19 bits per heavy atom. The largest absolute Gasteiger partial charge is 0.478 e. The van der Waals surface area contributed by atoms with Crippen molar-refractivity contribution in [3.63, 3.8) is 0 Å². The van der Waals surface area contributed by atoms with Crippen molar-refractivity contribution in [2.75, 3.05) is 17.7 Å². The van der Waals surface area contributed by atoms with Crippen molar-refractivity contribution in [3.8, 4) is 0 Å². The number of nitrogens with zero attached hydrogens (tertiary/aromatic N) is 1. The fourth-order valence-electron chi connectivity index (χ4n) is 2.15. The van der Waals surface area contributed by atoms with Crippen LogP contribution in [0.25, 0.3) is 0 Å². The van der Waals surface area contributed by atoms with Crippen molar-refractivity contribution < 1.29 is 19.1 Å². The summed E-state index contributed by atoms with van der Waals surface area (Å²) in [6.07, 6.45) is 0. The second-order valence-corrected chi connectivity index (χ2v) is 4.77. The lowest BCUT2D eigenvalue weighted by Crippen LogP contribution is -2.28. The van der Waals surface area contributed by atoms with Crippen LogP contribution in [-0.4, -0.2) is 24.0 Å². The molecule has 21 heavy (non-hydrogen) atoms. The van der Waals surface area contributed by atoms with E-state index in [1.807, 2.05) is 0 Å². The highest BCUT2D eigenvalue weighted by Gasteiger charge is 2.22.